The van der Waals surface area contributed by atoms with Crippen LogP contribution in [0, 0.1) is 11.6 Å². The van der Waals surface area contributed by atoms with E-state index in [0.717, 1.165) is 25.5 Å². The average molecular weight is 678 g/mol. The second-order valence-corrected chi connectivity index (χ2v) is 11.8. The number of phosphoric ester groups is 1. The van der Waals surface area contributed by atoms with E-state index in [9.17, 15) is 18.1 Å². The number of benzene rings is 2. The van der Waals surface area contributed by atoms with Gasteiger partial charge in [-0.3, -0.25) is 19.3 Å². The van der Waals surface area contributed by atoms with Gasteiger partial charge in [-0.1, -0.05) is 6.07 Å². The summed E-state index contributed by atoms with van der Waals surface area (Å²) in [5.41, 5.74) is 0.635. The van der Waals surface area contributed by atoms with E-state index in [1.165, 1.54) is 18.5 Å². The minimum atomic E-state index is -4.58. The Labute approximate surface area is 267 Å². The van der Waals surface area contributed by atoms with Crippen LogP contribution in [0.25, 0.3) is 10.9 Å². The first-order valence-corrected chi connectivity index (χ1v) is 16.1. The molecule has 0 bridgehead atoms. The second kappa shape index (κ2) is 15.6. The highest BCUT2D eigenvalue weighted by atomic mass is 31.2. The monoisotopic (exact) mass is 677 g/mol. The molecule has 4 aromatic rings. The number of ether oxygens (including phenoxy) is 3. The SMILES string of the molecule is COCCOc1cc(OCCN2CCC[C@H]2COP(=O)(O)O)c2c(Nc3cc(CC(=O)Nc4cccc(F)c4F)[nH]n3)ncnc2c1. The van der Waals surface area contributed by atoms with Crippen LogP contribution in [-0.2, 0) is 25.0 Å². The summed E-state index contributed by atoms with van der Waals surface area (Å²) in [4.78, 5) is 41.5. The molecule has 0 radical (unpaired) electrons. The van der Waals surface area contributed by atoms with Gasteiger partial charge >= 0.3 is 7.82 Å². The molecular weight excluding hydrogens is 643 g/mol. The van der Waals surface area contributed by atoms with Crippen LogP contribution in [0.15, 0.2) is 42.7 Å². The van der Waals surface area contributed by atoms with Gasteiger partial charge in [-0.15, -0.1) is 0 Å². The van der Waals surface area contributed by atoms with Crippen LogP contribution in [0.1, 0.15) is 18.5 Å². The molecule has 3 heterocycles. The number of carbonyl (C=O) groups excluding carboxylic acids is 1. The van der Waals surface area contributed by atoms with Gasteiger partial charge in [0.15, 0.2) is 17.5 Å². The van der Waals surface area contributed by atoms with E-state index < -0.39 is 25.4 Å². The Morgan fingerprint density at radius 1 is 1.15 bits per heavy atom. The summed E-state index contributed by atoms with van der Waals surface area (Å²) in [6.45, 7) is 1.99. The van der Waals surface area contributed by atoms with Crippen molar-refractivity contribution in [2.45, 2.75) is 25.3 Å². The van der Waals surface area contributed by atoms with E-state index in [4.69, 9.17) is 28.5 Å². The van der Waals surface area contributed by atoms with E-state index in [1.54, 1.807) is 25.3 Å². The van der Waals surface area contributed by atoms with Crippen molar-refractivity contribution in [3.05, 3.63) is 60.1 Å². The molecule has 47 heavy (non-hydrogen) atoms. The zero-order chi connectivity index (χ0) is 33.4. The zero-order valence-corrected chi connectivity index (χ0v) is 26.2. The van der Waals surface area contributed by atoms with Crippen molar-refractivity contribution in [3.63, 3.8) is 0 Å². The van der Waals surface area contributed by atoms with Gasteiger partial charge in [-0.25, -0.2) is 23.3 Å². The Balaban J connectivity index is 1.30. The maximum absolute atomic E-state index is 14.0. The highest BCUT2D eigenvalue weighted by molar-refractivity contribution is 7.46. The quantitative estimate of drug-likeness (QED) is 0.0855. The van der Waals surface area contributed by atoms with Crippen molar-refractivity contribution >= 4 is 42.0 Å². The molecule has 1 amide bonds. The van der Waals surface area contributed by atoms with Crippen LogP contribution < -0.4 is 20.1 Å². The van der Waals surface area contributed by atoms with E-state index in [-0.39, 0.29) is 31.4 Å². The van der Waals surface area contributed by atoms with E-state index in [2.05, 4.69) is 35.7 Å². The zero-order valence-electron chi connectivity index (χ0n) is 25.3. The van der Waals surface area contributed by atoms with Crippen LogP contribution >= 0.6 is 7.82 Å². The molecule has 5 N–H and O–H groups in total. The molecule has 1 fully saturated rings. The van der Waals surface area contributed by atoms with E-state index >= 15 is 0 Å². The summed E-state index contributed by atoms with van der Waals surface area (Å²) in [6, 6.07) is 8.36. The molecule has 1 saturated heterocycles. The van der Waals surface area contributed by atoms with Crippen LogP contribution in [0.4, 0.5) is 26.1 Å². The predicted molar refractivity (Wildman–Crippen MR) is 166 cm³/mol. The molecule has 18 heteroatoms. The number of nitrogens with one attached hydrogen (secondary N) is 3. The topological polar surface area (TPSA) is 193 Å². The highest BCUT2D eigenvalue weighted by Gasteiger charge is 2.27. The number of fused-ring (bicyclic) bond motifs is 1. The lowest BCUT2D eigenvalue weighted by Crippen LogP contribution is -2.36. The third-order valence-electron chi connectivity index (χ3n) is 7.26. The molecule has 2 aromatic carbocycles. The molecule has 0 spiro atoms. The van der Waals surface area contributed by atoms with Gasteiger partial charge in [0.25, 0.3) is 0 Å². The van der Waals surface area contributed by atoms with Crippen molar-refractivity contribution < 1.29 is 46.7 Å². The van der Waals surface area contributed by atoms with Crippen molar-refractivity contribution in [1.29, 1.82) is 0 Å². The van der Waals surface area contributed by atoms with Gasteiger partial charge in [0.1, 0.15) is 36.9 Å². The second-order valence-electron chi connectivity index (χ2n) is 10.6. The third kappa shape index (κ3) is 9.41. The number of H-pyrrole nitrogens is 1. The number of amides is 1. The van der Waals surface area contributed by atoms with Gasteiger partial charge in [-0.05, 0) is 31.5 Å². The van der Waals surface area contributed by atoms with Crippen molar-refractivity contribution in [1.82, 2.24) is 25.1 Å². The summed E-state index contributed by atoms with van der Waals surface area (Å²) < 4.78 is 60.5. The summed E-state index contributed by atoms with van der Waals surface area (Å²) in [5, 5.41) is 12.9. The van der Waals surface area contributed by atoms with Crippen molar-refractivity contribution in [2.24, 2.45) is 0 Å². The number of hydrogen-bond donors (Lipinski definition) is 5. The lowest BCUT2D eigenvalue weighted by Gasteiger charge is -2.24. The number of anilines is 3. The molecule has 2 aromatic heterocycles. The standard InChI is InChI=1S/C29H34F2N7O8P/c1-43-10-11-44-20-14-23-27(24(15-20)45-9-8-38-7-3-4-19(38)16-46-47(40,41)42)29(33-17-32-23)35-25-12-18(36-37-25)13-26(39)34-22-6-2-5-21(30)28(22)31/h2,5-6,12,14-15,17,19H,3-4,7-11,13,16H2,1H3,(H,34,39)(H2,40,41,42)(H2,32,33,35,36,37)/t19-/m0/s1. The number of likely N-dealkylation sites (tertiary alicyclic amines) is 1. The lowest BCUT2D eigenvalue weighted by molar-refractivity contribution is -0.115. The van der Waals surface area contributed by atoms with Gasteiger partial charge in [0.05, 0.1) is 36.2 Å². The fraction of sp³-hybridized carbons (Fsp3) is 0.379. The maximum Gasteiger partial charge on any atom is 0.469 e. The summed E-state index contributed by atoms with van der Waals surface area (Å²) >= 11 is 0. The Morgan fingerprint density at radius 3 is 2.81 bits per heavy atom. The molecule has 1 atom stereocenters. The van der Waals surface area contributed by atoms with Gasteiger partial charge in [0, 0.05) is 43.6 Å². The Bertz CT molecular complexity index is 1740. The first-order chi connectivity index (χ1) is 22.6. The molecule has 0 saturated carbocycles. The maximum atomic E-state index is 14.0. The number of rotatable bonds is 16. The molecule has 252 valence electrons. The number of halogens is 2. The molecule has 1 aliphatic rings. The third-order valence-corrected chi connectivity index (χ3v) is 7.74. The minimum Gasteiger partial charge on any atom is -0.491 e. The molecular formula is C29H34F2N7O8P. The molecule has 15 nitrogen and oxygen atoms in total. The van der Waals surface area contributed by atoms with E-state index in [1.807, 2.05) is 0 Å². The van der Waals surface area contributed by atoms with Crippen molar-refractivity contribution in [3.8, 4) is 11.5 Å². The number of carbonyl (C=O) groups is 1. The summed E-state index contributed by atoms with van der Waals surface area (Å²) in [5.74, 6) is -1.23. The molecule has 5 rings (SSSR count). The normalized spacial score (nSPS) is 15.2. The first-order valence-electron chi connectivity index (χ1n) is 14.6. The first kappa shape index (κ1) is 34.1. The van der Waals surface area contributed by atoms with Crippen LogP contribution in [0.5, 0.6) is 11.5 Å². The molecule has 1 aliphatic heterocycles. The molecule has 0 aliphatic carbocycles. The van der Waals surface area contributed by atoms with Gasteiger partial charge in [-0.2, -0.15) is 5.10 Å². The minimum absolute atomic E-state index is 0.0903. The Morgan fingerprint density at radius 2 is 2.00 bits per heavy atom. The van der Waals surface area contributed by atoms with Crippen molar-refractivity contribution in [2.75, 3.05) is 57.3 Å². The molecule has 0 unspecified atom stereocenters. The van der Waals surface area contributed by atoms with Crippen LogP contribution in [-0.4, -0.2) is 93.4 Å². The smallest absolute Gasteiger partial charge is 0.469 e. The van der Waals surface area contributed by atoms with Crippen LogP contribution in [0.2, 0.25) is 0 Å². The Hall–Kier alpha value is -4.25. The Kier molecular flexibility index (Phi) is 11.3. The van der Waals surface area contributed by atoms with Gasteiger partial charge in [0.2, 0.25) is 5.91 Å². The van der Waals surface area contributed by atoms with Gasteiger partial charge < -0.3 is 34.6 Å². The summed E-state index contributed by atoms with van der Waals surface area (Å²) in [7, 11) is -3.01. The average Bonchev–Trinajstić information content (AvgIpc) is 3.67. The fourth-order valence-corrected chi connectivity index (χ4v) is 5.47. The predicted octanol–water partition coefficient (Wildman–Crippen LogP) is 3.53. The van der Waals surface area contributed by atoms with Crippen LogP contribution in [0.3, 0.4) is 0 Å². The number of methoxy groups -OCH3 is 1. The number of hydrogen-bond acceptors (Lipinski definition) is 11. The lowest BCUT2D eigenvalue weighted by atomic mass is 10.2. The number of nitrogens with zero attached hydrogens (tertiary/aromatic N) is 4. The number of aromatic nitrogens is 4. The summed E-state index contributed by atoms with van der Waals surface area (Å²) in [6.07, 6.45) is 2.76. The highest BCUT2D eigenvalue weighted by Crippen LogP contribution is 2.37. The number of aromatic amines is 1. The largest absolute Gasteiger partial charge is 0.491 e. The number of phosphoric acid groups is 1. The van der Waals surface area contributed by atoms with E-state index in [0.29, 0.717) is 59.5 Å². The fourth-order valence-electron chi connectivity index (χ4n) is 5.10.